The topological polar surface area (TPSA) is 58.4 Å². The molecule has 0 aliphatic heterocycles. The van der Waals surface area contributed by atoms with Crippen LogP contribution in [-0.2, 0) is 0 Å². The van der Waals surface area contributed by atoms with Crippen molar-refractivity contribution in [1.29, 1.82) is 0 Å². The molecule has 3 N–H and O–H groups in total. The molecule has 5 heteroatoms. The van der Waals surface area contributed by atoms with E-state index in [1.54, 1.807) is 11.9 Å². The van der Waals surface area contributed by atoms with E-state index in [1.807, 2.05) is 13.8 Å². The molecular weight excluding hydrogens is 186 g/mol. The van der Waals surface area contributed by atoms with E-state index in [9.17, 15) is 4.79 Å². The molecule has 0 atom stereocenters. The van der Waals surface area contributed by atoms with E-state index >= 15 is 0 Å². The van der Waals surface area contributed by atoms with E-state index in [4.69, 9.17) is 18.0 Å². The maximum Gasteiger partial charge on any atom is 0.317 e. The summed E-state index contributed by atoms with van der Waals surface area (Å²) < 4.78 is 0. The SMILES string of the molecule is CC(C)NC(=O)N(C)CCC(N)=S. The van der Waals surface area contributed by atoms with Gasteiger partial charge in [-0.3, -0.25) is 0 Å². The number of carbonyl (C=O) groups excluding carboxylic acids is 1. The van der Waals surface area contributed by atoms with E-state index in [1.165, 1.54) is 0 Å². The molecule has 13 heavy (non-hydrogen) atoms. The van der Waals surface area contributed by atoms with Crippen LogP contribution in [0.15, 0.2) is 0 Å². The maximum atomic E-state index is 11.3. The van der Waals surface area contributed by atoms with Gasteiger partial charge in [0.15, 0.2) is 0 Å². The predicted molar refractivity (Wildman–Crippen MR) is 57.7 cm³/mol. The minimum Gasteiger partial charge on any atom is -0.393 e. The third-order valence-corrected chi connectivity index (χ3v) is 1.66. The Morgan fingerprint density at radius 3 is 2.54 bits per heavy atom. The highest BCUT2D eigenvalue weighted by Crippen LogP contribution is 1.90. The lowest BCUT2D eigenvalue weighted by Gasteiger charge is -2.19. The number of hydrogen-bond acceptors (Lipinski definition) is 2. The van der Waals surface area contributed by atoms with Gasteiger partial charge in [-0.1, -0.05) is 12.2 Å². The molecule has 0 aliphatic rings. The molecule has 0 aromatic rings. The Kier molecular flexibility index (Phi) is 5.37. The van der Waals surface area contributed by atoms with Gasteiger partial charge in [-0.05, 0) is 13.8 Å². The average molecular weight is 203 g/mol. The van der Waals surface area contributed by atoms with Gasteiger partial charge in [-0.25, -0.2) is 4.79 Å². The molecule has 0 spiro atoms. The smallest absolute Gasteiger partial charge is 0.317 e. The second kappa shape index (κ2) is 5.75. The first kappa shape index (κ1) is 12.2. The average Bonchev–Trinajstić information content (AvgIpc) is 1.98. The van der Waals surface area contributed by atoms with Crippen LogP contribution >= 0.6 is 12.2 Å². The molecule has 0 aromatic carbocycles. The molecule has 0 unspecified atom stereocenters. The van der Waals surface area contributed by atoms with Crippen molar-refractivity contribution in [2.24, 2.45) is 5.73 Å². The van der Waals surface area contributed by atoms with E-state index in [-0.39, 0.29) is 12.1 Å². The first-order valence-electron chi connectivity index (χ1n) is 4.23. The molecule has 0 rings (SSSR count). The quantitative estimate of drug-likeness (QED) is 0.662. The first-order valence-corrected chi connectivity index (χ1v) is 4.64. The van der Waals surface area contributed by atoms with Crippen LogP contribution in [0, 0.1) is 0 Å². The third-order valence-electron chi connectivity index (χ3n) is 1.45. The summed E-state index contributed by atoms with van der Waals surface area (Å²) in [7, 11) is 1.72. The summed E-state index contributed by atoms with van der Waals surface area (Å²) in [6.07, 6.45) is 0.567. The van der Waals surface area contributed by atoms with Gasteiger partial charge in [-0.2, -0.15) is 0 Å². The lowest BCUT2D eigenvalue weighted by atomic mass is 10.4. The van der Waals surface area contributed by atoms with Gasteiger partial charge in [0.2, 0.25) is 0 Å². The summed E-state index contributed by atoms with van der Waals surface area (Å²) in [5, 5.41) is 2.77. The van der Waals surface area contributed by atoms with Crippen LogP contribution in [0.5, 0.6) is 0 Å². The fourth-order valence-electron chi connectivity index (χ4n) is 0.737. The molecule has 0 saturated heterocycles. The van der Waals surface area contributed by atoms with Gasteiger partial charge >= 0.3 is 6.03 Å². The standard InChI is InChI=1S/C8H17N3OS/c1-6(2)10-8(12)11(3)5-4-7(9)13/h6H,4-5H2,1-3H3,(H2,9,13)(H,10,12). The number of carbonyl (C=O) groups is 1. The lowest BCUT2D eigenvalue weighted by Crippen LogP contribution is -2.41. The van der Waals surface area contributed by atoms with E-state index < -0.39 is 0 Å². The van der Waals surface area contributed by atoms with Crippen LogP contribution in [0.4, 0.5) is 4.79 Å². The highest BCUT2D eigenvalue weighted by atomic mass is 32.1. The van der Waals surface area contributed by atoms with Gasteiger partial charge in [0.25, 0.3) is 0 Å². The molecule has 0 bridgehead atoms. The van der Waals surface area contributed by atoms with Crippen LogP contribution in [-0.4, -0.2) is 35.6 Å². The van der Waals surface area contributed by atoms with E-state index in [2.05, 4.69) is 5.32 Å². The summed E-state index contributed by atoms with van der Waals surface area (Å²) in [6, 6.07) is 0.0611. The monoisotopic (exact) mass is 203 g/mol. The third kappa shape index (κ3) is 6.33. The minimum absolute atomic E-state index is 0.0914. The molecule has 0 heterocycles. The highest BCUT2D eigenvalue weighted by Gasteiger charge is 2.08. The van der Waals surface area contributed by atoms with E-state index in [0.717, 1.165) is 0 Å². The first-order chi connectivity index (χ1) is 5.93. The van der Waals surface area contributed by atoms with Crippen molar-refractivity contribution in [3.8, 4) is 0 Å². The number of hydrogen-bond donors (Lipinski definition) is 2. The Morgan fingerprint density at radius 1 is 1.62 bits per heavy atom. The molecule has 0 saturated carbocycles. The van der Waals surface area contributed by atoms with Crippen LogP contribution in [0.2, 0.25) is 0 Å². The van der Waals surface area contributed by atoms with Gasteiger partial charge < -0.3 is 16.0 Å². The molecule has 4 nitrogen and oxygen atoms in total. The largest absolute Gasteiger partial charge is 0.393 e. The van der Waals surface area contributed by atoms with Crippen LogP contribution < -0.4 is 11.1 Å². The second-order valence-electron chi connectivity index (χ2n) is 3.24. The Bertz CT molecular complexity index is 194. The van der Waals surface area contributed by atoms with Crippen molar-refractivity contribution in [3.63, 3.8) is 0 Å². The van der Waals surface area contributed by atoms with Crippen molar-refractivity contribution in [1.82, 2.24) is 10.2 Å². The number of urea groups is 1. The van der Waals surface area contributed by atoms with Crippen molar-refractivity contribution in [2.45, 2.75) is 26.3 Å². The maximum absolute atomic E-state index is 11.3. The molecular formula is C8H17N3OS. The van der Waals surface area contributed by atoms with Crippen LogP contribution in [0.25, 0.3) is 0 Å². The zero-order chi connectivity index (χ0) is 10.4. The summed E-state index contributed by atoms with van der Waals surface area (Å²) in [4.78, 5) is 13.3. The van der Waals surface area contributed by atoms with E-state index in [0.29, 0.717) is 18.0 Å². The number of thiocarbonyl (C=S) groups is 1. The number of nitrogens with one attached hydrogen (secondary N) is 1. The summed E-state index contributed by atoms with van der Waals surface area (Å²) in [6.45, 7) is 4.40. The normalized spacial score (nSPS) is 9.85. The fourth-order valence-corrected chi connectivity index (χ4v) is 0.828. The van der Waals surface area contributed by atoms with Crippen molar-refractivity contribution in [2.75, 3.05) is 13.6 Å². The number of amides is 2. The van der Waals surface area contributed by atoms with Crippen LogP contribution in [0.1, 0.15) is 20.3 Å². The molecule has 0 fully saturated rings. The van der Waals surface area contributed by atoms with Crippen LogP contribution in [0.3, 0.4) is 0 Å². The number of rotatable bonds is 4. The van der Waals surface area contributed by atoms with Gasteiger partial charge in [0.1, 0.15) is 0 Å². The summed E-state index contributed by atoms with van der Waals surface area (Å²) in [5.74, 6) is 0. The number of nitrogens with zero attached hydrogens (tertiary/aromatic N) is 1. The van der Waals surface area contributed by atoms with Gasteiger partial charge in [0.05, 0.1) is 4.99 Å². The van der Waals surface area contributed by atoms with Crippen molar-refractivity contribution >= 4 is 23.2 Å². The second-order valence-corrected chi connectivity index (χ2v) is 3.77. The zero-order valence-corrected chi connectivity index (χ0v) is 9.15. The zero-order valence-electron chi connectivity index (χ0n) is 8.33. The Labute approximate surface area is 84.5 Å². The predicted octanol–water partition coefficient (Wildman–Crippen LogP) is 0.712. The Morgan fingerprint density at radius 2 is 2.15 bits per heavy atom. The molecule has 2 amide bonds. The number of nitrogens with two attached hydrogens (primary N) is 1. The van der Waals surface area contributed by atoms with Gasteiger partial charge in [-0.15, -0.1) is 0 Å². The summed E-state index contributed by atoms with van der Waals surface area (Å²) >= 11 is 4.71. The molecule has 0 radical (unpaired) electrons. The van der Waals surface area contributed by atoms with Crippen molar-refractivity contribution in [3.05, 3.63) is 0 Å². The Hall–Kier alpha value is -0.840. The Balaban J connectivity index is 3.76. The highest BCUT2D eigenvalue weighted by molar-refractivity contribution is 7.80. The van der Waals surface area contributed by atoms with Gasteiger partial charge in [0, 0.05) is 26.1 Å². The molecule has 76 valence electrons. The molecule has 0 aliphatic carbocycles. The molecule has 0 aromatic heterocycles. The fraction of sp³-hybridized carbons (Fsp3) is 0.750. The lowest BCUT2D eigenvalue weighted by molar-refractivity contribution is 0.207. The minimum atomic E-state index is -0.0914. The van der Waals surface area contributed by atoms with Crippen molar-refractivity contribution < 1.29 is 4.79 Å². The summed E-state index contributed by atoms with van der Waals surface area (Å²) in [5.41, 5.74) is 5.32.